The number of anilines is 2. The number of rotatable bonds is 3. The summed E-state index contributed by atoms with van der Waals surface area (Å²) in [6.45, 7) is 1.79. The van der Waals surface area contributed by atoms with Crippen molar-refractivity contribution in [1.29, 1.82) is 0 Å². The Labute approximate surface area is 147 Å². The fourth-order valence-corrected chi connectivity index (χ4v) is 2.98. The summed E-state index contributed by atoms with van der Waals surface area (Å²) in [6, 6.07) is 8.46. The Kier molecular flexibility index (Phi) is 4.47. The van der Waals surface area contributed by atoms with E-state index in [1.165, 1.54) is 16.8 Å². The average molecular weight is 368 g/mol. The van der Waals surface area contributed by atoms with Gasteiger partial charge in [-0.2, -0.15) is 5.10 Å². The summed E-state index contributed by atoms with van der Waals surface area (Å²) < 4.78 is 29.0. The molecule has 1 aromatic heterocycles. The zero-order valence-corrected chi connectivity index (χ0v) is 14.4. The first-order valence-corrected chi connectivity index (χ1v) is 7.83. The Morgan fingerprint density at radius 2 is 1.83 bits per heavy atom. The van der Waals surface area contributed by atoms with E-state index < -0.39 is 11.6 Å². The van der Waals surface area contributed by atoms with Gasteiger partial charge in [-0.05, 0) is 37.3 Å². The highest BCUT2D eigenvalue weighted by molar-refractivity contribution is 6.36. The summed E-state index contributed by atoms with van der Waals surface area (Å²) in [7, 11) is 1.69. The molecule has 3 nitrogen and oxygen atoms in total. The largest absolute Gasteiger partial charge is 0.351 e. The van der Waals surface area contributed by atoms with Gasteiger partial charge in [-0.3, -0.25) is 4.68 Å². The molecule has 0 saturated heterocycles. The molecule has 0 atom stereocenters. The van der Waals surface area contributed by atoms with Crippen LogP contribution >= 0.6 is 23.2 Å². The second-order valence-electron chi connectivity index (χ2n) is 5.31. The fraction of sp³-hybridized carbons (Fsp3) is 0.118. The zero-order chi connectivity index (χ0) is 17.4. The molecule has 0 unspecified atom stereocenters. The molecule has 0 fully saturated rings. The third-order valence-corrected chi connectivity index (χ3v) is 4.15. The molecular weight excluding hydrogens is 355 g/mol. The van der Waals surface area contributed by atoms with Crippen molar-refractivity contribution in [2.75, 3.05) is 5.32 Å². The molecule has 2 aromatic carbocycles. The molecule has 0 aliphatic carbocycles. The first-order chi connectivity index (χ1) is 11.4. The molecular formula is C17H13Cl2F2N3. The zero-order valence-electron chi connectivity index (χ0n) is 12.9. The fourth-order valence-electron chi connectivity index (χ4n) is 2.52. The number of halogens is 4. The van der Waals surface area contributed by atoms with Gasteiger partial charge in [0, 0.05) is 23.7 Å². The van der Waals surface area contributed by atoms with Crippen molar-refractivity contribution in [3.63, 3.8) is 0 Å². The van der Waals surface area contributed by atoms with E-state index in [2.05, 4.69) is 10.4 Å². The van der Waals surface area contributed by atoms with E-state index in [4.69, 9.17) is 23.2 Å². The van der Waals surface area contributed by atoms with Gasteiger partial charge in [-0.15, -0.1) is 0 Å². The van der Waals surface area contributed by atoms with E-state index in [0.29, 0.717) is 32.8 Å². The maximum atomic E-state index is 14.2. The maximum Gasteiger partial charge on any atom is 0.135 e. The summed E-state index contributed by atoms with van der Waals surface area (Å²) in [5, 5.41) is 8.42. The van der Waals surface area contributed by atoms with Crippen molar-refractivity contribution in [2.45, 2.75) is 6.92 Å². The maximum absolute atomic E-state index is 14.2. The molecule has 0 aliphatic rings. The van der Waals surface area contributed by atoms with Gasteiger partial charge in [-0.25, -0.2) is 8.78 Å². The Hall–Kier alpha value is -2.11. The summed E-state index contributed by atoms with van der Waals surface area (Å²) in [6.07, 6.45) is 0. The quantitative estimate of drug-likeness (QED) is 0.640. The summed E-state index contributed by atoms with van der Waals surface area (Å²) in [5.41, 5.74) is 2.60. The van der Waals surface area contributed by atoms with Crippen LogP contribution in [0.2, 0.25) is 10.0 Å². The topological polar surface area (TPSA) is 29.9 Å². The van der Waals surface area contributed by atoms with Crippen LogP contribution in [0.5, 0.6) is 0 Å². The first-order valence-electron chi connectivity index (χ1n) is 7.08. The Morgan fingerprint density at radius 3 is 2.50 bits per heavy atom. The molecule has 0 radical (unpaired) electrons. The molecule has 24 heavy (non-hydrogen) atoms. The molecule has 7 heteroatoms. The third-order valence-electron chi connectivity index (χ3n) is 3.60. The van der Waals surface area contributed by atoms with Crippen LogP contribution < -0.4 is 5.32 Å². The molecule has 0 aliphatic heterocycles. The van der Waals surface area contributed by atoms with Crippen LogP contribution in [0.1, 0.15) is 5.69 Å². The van der Waals surface area contributed by atoms with E-state index >= 15 is 0 Å². The van der Waals surface area contributed by atoms with Gasteiger partial charge < -0.3 is 5.32 Å². The van der Waals surface area contributed by atoms with Gasteiger partial charge in [0.25, 0.3) is 0 Å². The van der Waals surface area contributed by atoms with Crippen LogP contribution in [0.15, 0.2) is 36.4 Å². The van der Waals surface area contributed by atoms with E-state index in [9.17, 15) is 8.78 Å². The number of hydrogen-bond acceptors (Lipinski definition) is 2. The lowest BCUT2D eigenvalue weighted by Crippen LogP contribution is -1.99. The minimum atomic E-state index is -0.664. The molecule has 0 saturated carbocycles. The van der Waals surface area contributed by atoms with Crippen molar-refractivity contribution in [3.05, 3.63) is 63.8 Å². The lowest BCUT2D eigenvalue weighted by Gasteiger charge is -2.12. The molecule has 0 spiro atoms. The number of nitrogens with zero attached hydrogens (tertiary/aromatic N) is 2. The van der Waals surface area contributed by atoms with E-state index in [1.54, 1.807) is 32.2 Å². The van der Waals surface area contributed by atoms with Gasteiger partial charge in [-0.1, -0.05) is 23.2 Å². The van der Waals surface area contributed by atoms with Gasteiger partial charge in [0.05, 0.1) is 27.8 Å². The van der Waals surface area contributed by atoms with Crippen molar-refractivity contribution in [3.8, 4) is 11.3 Å². The van der Waals surface area contributed by atoms with Gasteiger partial charge in [0.15, 0.2) is 0 Å². The highest BCUT2D eigenvalue weighted by atomic mass is 35.5. The first kappa shape index (κ1) is 16.7. The highest BCUT2D eigenvalue weighted by Crippen LogP contribution is 2.36. The molecule has 0 bridgehead atoms. The van der Waals surface area contributed by atoms with Crippen molar-refractivity contribution < 1.29 is 8.78 Å². The van der Waals surface area contributed by atoms with Gasteiger partial charge in [0.2, 0.25) is 0 Å². The number of benzene rings is 2. The lowest BCUT2D eigenvalue weighted by molar-refractivity contribution is 0.584. The second kappa shape index (κ2) is 6.42. The van der Waals surface area contributed by atoms with Crippen LogP contribution in [-0.4, -0.2) is 9.78 Å². The number of aryl methyl sites for hydroxylation is 2. The SMILES string of the molecule is Cc1nn(C)c(-c2ccc(F)cc2F)c1Nc1ccc(Cl)cc1Cl. The van der Waals surface area contributed by atoms with Crippen LogP contribution in [0.3, 0.4) is 0 Å². The molecule has 1 N–H and O–H groups in total. The number of nitrogens with one attached hydrogen (secondary N) is 1. The van der Waals surface area contributed by atoms with Crippen LogP contribution in [0, 0.1) is 18.6 Å². The number of hydrogen-bond donors (Lipinski definition) is 1. The number of aromatic nitrogens is 2. The van der Waals surface area contributed by atoms with E-state index in [-0.39, 0.29) is 5.56 Å². The second-order valence-corrected chi connectivity index (χ2v) is 6.15. The minimum absolute atomic E-state index is 0.243. The normalized spacial score (nSPS) is 10.9. The lowest BCUT2D eigenvalue weighted by atomic mass is 10.1. The van der Waals surface area contributed by atoms with Gasteiger partial charge >= 0.3 is 0 Å². The predicted octanol–water partition coefficient (Wildman–Crippen LogP) is 5.72. The summed E-state index contributed by atoms with van der Waals surface area (Å²) in [5.74, 6) is -1.30. The summed E-state index contributed by atoms with van der Waals surface area (Å²) >= 11 is 12.1. The Balaban J connectivity index is 2.12. The highest BCUT2D eigenvalue weighted by Gasteiger charge is 2.19. The van der Waals surface area contributed by atoms with Crippen LogP contribution in [0.25, 0.3) is 11.3 Å². The minimum Gasteiger partial charge on any atom is -0.351 e. The monoisotopic (exact) mass is 367 g/mol. The van der Waals surface area contributed by atoms with Crippen molar-refractivity contribution in [1.82, 2.24) is 9.78 Å². The Morgan fingerprint density at radius 1 is 1.08 bits per heavy atom. The third kappa shape index (κ3) is 3.09. The van der Waals surface area contributed by atoms with E-state index in [0.717, 1.165) is 6.07 Å². The smallest absolute Gasteiger partial charge is 0.135 e. The standard InChI is InChI=1S/C17H13Cl2F2N3/c1-9-16(22-15-6-3-10(18)7-13(15)19)17(24(2)23-9)12-5-4-11(20)8-14(12)21/h3-8,22H,1-2H3. The summed E-state index contributed by atoms with van der Waals surface area (Å²) in [4.78, 5) is 0. The van der Waals surface area contributed by atoms with Gasteiger partial charge in [0.1, 0.15) is 11.6 Å². The van der Waals surface area contributed by atoms with Crippen LogP contribution in [0.4, 0.5) is 20.2 Å². The molecule has 1 heterocycles. The molecule has 3 aromatic rings. The van der Waals surface area contributed by atoms with E-state index in [1.807, 2.05) is 0 Å². The molecule has 3 rings (SSSR count). The molecule has 124 valence electrons. The van der Waals surface area contributed by atoms with Crippen molar-refractivity contribution >= 4 is 34.6 Å². The Bertz CT molecular complexity index is 922. The van der Waals surface area contributed by atoms with Crippen molar-refractivity contribution in [2.24, 2.45) is 7.05 Å². The molecule has 0 amide bonds. The predicted molar refractivity (Wildman–Crippen MR) is 93.0 cm³/mol. The average Bonchev–Trinajstić information content (AvgIpc) is 2.76. The van der Waals surface area contributed by atoms with Crippen LogP contribution in [-0.2, 0) is 7.05 Å².